The van der Waals surface area contributed by atoms with Gasteiger partial charge < -0.3 is 15.4 Å². The smallest absolute Gasteiger partial charge is 0.248 e. The molecule has 0 aromatic heterocycles. The van der Waals surface area contributed by atoms with Crippen LogP contribution < -0.4 is 15.4 Å². The lowest BCUT2D eigenvalue weighted by molar-refractivity contribution is -0.111. The van der Waals surface area contributed by atoms with Gasteiger partial charge in [0.2, 0.25) is 5.91 Å². The van der Waals surface area contributed by atoms with Crippen molar-refractivity contribution in [3.63, 3.8) is 0 Å². The van der Waals surface area contributed by atoms with Gasteiger partial charge in [-0.1, -0.05) is 45.0 Å². The number of hydrogen-bond acceptors (Lipinski definition) is 3. The Balaban J connectivity index is 1.63. The molecule has 2 aromatic carbocycles. The molecule has 25 heavy (non-hydrogen) atoms. The number of nitrogens with one attached hydrogen (secondary N) is 2. The minimum absolute atomic E-state index is 0.128. The van der Waals surface area contributed by atoms with E-state index >= 15 is 0 Å². The first-order chi connectivity index (χ1) is 11.9. The third-order valence-electron chi connectivity index (χ3n) is 4.13. The SMILES string of the molecule is CC(C)(C)c1ccc(/C=C/C(=O)Nc2ccc3c(c2)OCCN3)cc1. The van der Waals surface area contributed by atoms with Gasteiger partial charge >= 0.3 is 0 Å². The van der Waals surface area contributed by atoms with E-state index in [9.17, 15) is 4.79 Å². The number of fused-ring (bicyclic) bond motifs is 1. The van der Waals surface area contributed by atoms with Gasteiger partial charge in [0.05, 0.1) is 5.69 Å². The minimum atomic E-state index is -0.163. The Bertz CT molecular complexity index is 787. The van der Waals surface area contributed by atoms with Crippen LogP contribution in [0.25, 0.3) is 6.08 Å². The molecule has 4 heteroatoms. The van der Waals surface area contributed by atoms with Crippen molar-refractivity contribution in [2.75, 3.05) is 23.8 Å². The highest BCUT2D eigenvalue weighted by Crippen LogP contribution is 2.30. The lowest BCUT2D eigenvalue weighted by Crippen LogP contribution is -2.18. The maximum absolute atomic E-state index is 12.1. The first-order valence-corrected chi connectivity index (χ1v) is 8.52. The molecule has 0 saturated carbocycles. The van der Waals surface area contributed by atoms with E-state index < -0.39 is 0 Å². The summed E-state index contributed by atoms with van der Waals surface area (Å²) in [7, 11) is 0. The summed E-state index contributed by atoms with van der Waals surface area (Å²) in [5.74, 6) is 0.606. The fourth-order valence-corrected chi connectivity index (χ4v) is 2.66. The molecule has 0 aliphatic carbocycles. The molecule has 0 atom stereocenters. The van der Waals surface area contributed by atoms with Crippen molar-refractivity contribution in [2.24, 2.45) is 0 Å². The first-order valence-electron chi connectivity index (χ1n) is 8.52. The fourth-order valence-electron chi connectivity index (χ4n) is 2.66. The Hall–Kier alpha value is -2.75. The Morgan fingerprint density at radius 1 is 1.16 bits per heavy atom. The minimum Gasteiger partial charge on any atom is -0.490 e. The average molecular weight is 336 g/mol. The van der Waals surface area contributed by atoms with Crippen molar-refractivity contribution >= 4 is 23.4 Å². The van der Waals surface area contributed by atoms with E-state index in [-0.39, 0.29) is 11.3 Å². The lowest BCUT2D eigenvalue weighted by Gasteiger charge is -2.19. The molecule has 3 rings (SSSR count). The number of ether oxygens (including phenoxy) is 1. The molecule has 0 fully saturated rings. The summed E-state index contributed by atoms with van der Waals surface area (Å²) >= 11 is 0. The van der Waals surface area contributed by atoms with Gasteiger partial charge in [0, 0.05) is 24.4 Å². The van der Waals surface area contributed by atoms with Crippen LogP contribution >= 0.6 is 0 Å². The Kier molecular flexibility index (Phi) is 4.79. The molecule has 130 valence electrons. The van der Waals surface area contributed by atoms with Gasteiger partial charge in [-0.25, -0.2) is 0 Å². The number of carbonyl (C=O) groups is 1. The van der Waals surface area contributed by atoms with Crippen LogP contribution in [-0.4, -0.2) is 19.1 Å². The summed E-state index contributed by atoms with van der Waals surface area (Å²) in [5, 5.41) is 6.12. The monoisotopic (exact) mass is 336 g/mol. The van der Waals surface area contributed by atoms with Crippen LogP contribution in [-0.2, 0) is 10.2 Å². The standard InChI is InChI=1S/C21H24N2O2/c1-21(2,3)16-7-4-15(5-8-16)6-11-20(24)23-17-9-10-18-19(14-17)25-13-12-22-18/h4-11,14,22H,12-13H2,1-3H3,(H,23,24)/b11-6+. The van der Waals surface area contributed by atoms with E-state index in [4.69, 9.17) is 4.74 Å². The second-order valence-corrected chi connectivity index (χ2v) is 7.18. The van der Waals surface area contributed by atoms with Crippen molar-refractivity contribution in [1.29, 1.82) is 0 Å². The highest BCUT2D eigenvalue weighted by atomic mass is 16.5. The first kappa shape index (κ1) is 17.1. The van der Waals surface area contributed by atoms with Crippen LogP contribution in [0.2, 0.25) is 0 Å². The third kappa shape index (κ3) is 4.41. The third-order valence-corrected chi connectivity index (χ3v) is 4.13. The molecule has 0 unspecified atom stereocenters. The van der Waals surface area contributed by atoms with Gasteiger partial charge in [-0.05, 0) is 34.8 Å². The van der Waals surface area contributed by atoms with Crippen molar-refractivity contribution in [1.82, 2.24) is 0 Å². The zero-order valence-corrected chi connectivity index (χ0v) is 14.9. The second kappa shape index (κ2) is 7.01. The maximum atomic E-state index is 12.1. The van der Waals surface area contributed by atoms with Crippen LogP contribution in [0.1, 0.15) is 31.9 Å². The number of hydrogen-bond donors (Lipinski definition) is 2. The number of rotatable bonds is 3. The molecule has 0 radical (unpaired) electrons. The normalized spacial score (nSPS) is 13.7. The van der Waals surface area contributed by atoms with E-state index in [1.54, 1.807) is 6.08 Å². The summed E-state index contributed by atoms with van der Waals surface area (Å²) in [5.41, 5.74) is 4.08. The molecule has 2 N–H and O–H groups in total. The van der Waals surface area contributed by atoms with E-state index in [2.05, 4.69) is 43.5 Å². The Morgan fingerprint density at radius 2 is 1.92 bits per heavy atom. The lowest BCUT2D eigenvalue weighted by atomic mass is 9.87. The molecule has 0 bridgehead atoms. The Labute approximate surface area is 148 Å². The van der Waals surface area contributed by atoms with Gasteiger partial charge in [0.1, 0.15) is 12.4 Å². The van der Waals surface area contributed by atoms with Crippen molar-refractivity contribution in [3.05, 3.63) is 59.7 Å². The topological polar surface area (TPSA) is 50.4 Å². The molecule has 1 amide bonds. The largest absolute Gasteiger partial charge is 0.490 e. The highest BCUT2D eigenvalue weighted by Gasteiger charge is 2.12. The van der Waals surface area contributed by atoms with Crippen LogP contribution in [0.4, 0.5) is 11.4 Å². The van der Waals surface area contributed by atoms with Crippen molar-refractivity contribution in [3.8, 4) is 5.75 Å². The molecule has 0 saturated heterocycles. The van der Waals surface area contributed by atoms with Gasteiger partial charge in [0.15, 0.2) is 0 Å². The van der Waals surface area contributed by atoms with Gasteiger partial charge in [0.25, 0.3) is 0 Å². The zero-order chi connectivity index (χ0) is 17.9. The van der Waals surface area contributed by atoms with E-state index in [0.29, 0.717) is 6.61 Å². The molecular weight excluding hydrogens is 312 g/mol. The fraction of sp³-hybridized carbons (Fsp3) is 0.286. The molecule has 1 aliphatic heterocycles. The predicted molar refractivity (Wildman–Crippen MR) is 103 cm³/mol. The average Bonchev–Trinajstić information content (AvgIpc) is 2.59. The number of amides is 1. The molecule has 0 spiro atoms. The van der Waals surface area contributed by atoms with E-state index in [1.807, 2.05) is 36.4 Å². The van der Waals surface area contributed by atoms with Crippen molar-refractivity contribution in [2.45, 2.75) is 26.2 Å². The summed E-state index contributed by atoms with van der Waals surface area (Å²) < 4.78 is 5.58. The molecule has 1 heterocycles. The second-order valence-electron chi connectivity index (χ2n) is 7.18. The quantitative estimate of drug-likeness (QED) is 0.815. The number of benzene rings is 2. The molecular formula is C21H24N2O2. The van der Waals surface area contributed by atoms with Crippen molar-refractivity contribution < 1.29 is 9.53 Å². The number of anilines is 2. The number of carbonyl (C=O) groups excluding carboxylic acids is 1. The van der Waals surface area contributed by atoms with Crippen LogP contribution in [0, 0.1) is 0 Å². The predicted octanol–water partition coefficient (Wildman–Crippen LogP) is 4.44. The maximum Gasteiger partial charge on any atom is 0.248 e. The molecule has 1 aliphatic rings. The van der Waals surface area contributed by atoms with Gasteiger partial charge in [-0.2, -0.15) is 0 Å². The van der Waals surface area contributed by atoms with E-state index in [0.717, 1.165) is 29.2 Å². The van der Waals surface area contributed by atoms with E-state index in [1.165, 1.54) is 5.56 Å². The van der Waals surface area contributed by atoms with Crippen LogP contribution in [0.15, 0.2) is 48.5 Å². The van der Waals surface area contributed by atoms with Gasteiger partial charge in [-0.3, -0.25) is 4.79 Å². The molecule has 2 aromatic rings. The highest BCUT2D eigenvalue weighted by molar-refractivity contribution is 6.02. The van der Waals surface area contributed by atoms with Crippen LogP contribution in [0.3, 0.4) is 0 Å². The summed E-state index contributed by atoms with van der Waals surface area (Å²) in [6.45, 7) is 7.99. The zero-order valence-electron chi connectivity index (χ0n) is 14.9. The van der Waals surface area contributed by atoms with Crippen LogP contribution in [0.5, 0.6) is 5.75 Å². The van der Waals surface area contributed by atoms with Gasteiger partial charge in [-0.15, -0.1) is 0 Å². The molecule has 4 nitrogen and oxygen atoms in total. The summed E-state index contributed by atoms with van der Waals surface area (Å²) in [4.78, 5) is 12.1. The summed E-state index contributed by atoms with van der Waals surface area (Å²) in [6.07, 6.45) is 3.36. The summed E-state index contributed by atoms with van der Waals surface area (Å²) in [6, 6.07) is 13.9. The Morgan fingerprint density at radius 3 is 2.64 bits per heavy atom.